The van der Waals surface area contributed by atoms with Gasteiger partial charge in [-0.2, -0.15) is 4.31 Å². The van der Waals surface area contributed by atoms with E-state index < -0.39 is 17.6 Å². The smallest absolute Gasteiger partial charge is 0.366 e. The summed E-state index contributed by atoms with van der Waals surface area (Å²) in [4.78, 5) is 12.3. The molecule has 2 aromatic carbocycles. The Labute approximate surface area is 192 Å². The van der Waals surface area contributed by atoms with Crippen molar-refractivity contribution in [3.63, 3.8) is 0 Å². The predicted molar refractivity (Wildman–Crippen MR) is 125 cm³/mol. The van der Waals surface area contributed by atoms with Crippen molar-refractivity contribution in [3.05, 3.63) is 54.5 Å². The number of ether oxygens (including phenoxy) is 1. The van der Waals surface area contributed by atoms with E-state index in [2.05, 4.69) is 6.92 Å². The Morgan fingerprint density at radius 1 is 1.25 bits per heavy atom. The lowest BCUT2D eigenvalue weighted by Gasteiger charge is -2.29. The van der Waals surface area contributed by atoms with Crippen molar-refractivity contribution in [2.24, 2.45) is 0 Å². The van der Waals surface area contributed by atoms with Gasteiger partial charge in [0.1, 0.15) is 10.6 Å². The highest BCUT2D eigenvalue weighted by Crippen LogP contribution is 2.53. The number of nitrogens with zero attached hydrogens (tertiary/aromatic N) is 2. The van der Waals surface area contributed by atoms with Crippen LogP contribution in [0.4, 0.5) is 11.4 Å². The molecule has 0 fully saturated rings. The van der Waals surface area contributed by atoms with Crippen LogP contribution < -0.4 is 9.64 Å². The Morgan fingerprint density at radius 3 is 2.72 bits per heavy atom. The average Bonchev–Trinajstić information content (AvgIpc) is 2.84. The summed E-state index contributed by atoms with van der Waals surface area (Å²) in [6.45, 7) is 2.55. The van der Waals surface area contributed by atoms with Gasteiger partial charge in [-0.05, 0) is 24.6 Å². The lowest BCUT2D eigenvalue weighted by molar-refractivity contribution is 0.351. The Hall–Kier alpha value is -1.81. The van der Waals surface area contributed by atoms with Crippen LogP contribution >= 0.6 is 19.6 Å². The number of unbranched alkanes of at least 4 members (excludes halogenated alkanes) is 1. The zero-order valence-corrected chi connectivity index (χ0v) is 20.3. The van der Waals surface area contributed by atoms with Crippen LogP contribution in [0.2, 0.25) is 0 Å². The monoisotopic (exact) mass is 496 g/mol. The maximum Gasteiger partial charge on any atom is 0.366 e. The standard InChI is InChI=1S/C21H25N2O6PS2/c1-3-4-8-17-15-23(16-9-6-5-7-10-16)18-13-20-19(14-21(18)32(26,27)22(17)2)28-11-12-30(24,25)29-31-20/h5-7,9-14,17H,3-4,8,15H2,1-2H3,(H,24,25)/b12-11+. The third-order valence-electron chi connectivity index (χ3n) is 5.52. The fourth-order valence-electron chi connectivity index (χ4n) is 3.75. The zero-order valence-electron chi connectivity index (χ0n) is 17.7. The number of para-hydroxylation sites is 1. The summed E-state index contributed by atoms with van der Waals surface area (Å²) in [7, 11) is -6.17. The van der Waals surface area contributed by atoms with Crippen LogP contribution in [-0.2, 0) is 18.6 Å². The summed E-state index contributed by atoms with van der Waals surface area (Å²) in [5.41, 5.74) is 1.32. The van der Waals surface area contributed by atoms with E-state index in [1.807, 2.05) is 35.2 Å². The predicted octanol–water partition coefficient (Wildman–Crippen LogP) is 5.09. The summed E-state index contributed by atoms with van der Waals surface area (Å²) < 4.78 is 51.3. The third-order valence-corrected chi connectivity index (χ3v) is 9.61. The molecule has 1 N–H and O–H groups in total. The lowest BCUT2D eigenvalue weighted by Crippen LogP contribution is -2.40. The number of hydrogen-bond acceptors (Lipinski definition) is 7. The minimum absolute atomic E-state index is 0.114. The number of hydrogen-bond donors (Lipinski definition) is 1. The maximum atomic E-state index is 13.6. The number of likely N-dealkylation sites (N-methyl/N-ethyl adjacent to an activating group) is 1. The highest BCUT2D eigenvalue weighted by molar-refractivity contribution is 7.98. The number of sulfonamides is 1. The van der Waals surface area contributed by atoms with E-state index in [1.165, 1.54) is 10.4 Å². The molecule has 32 heavy (non-hydrogen) atoms. The normalized spacial score (nSPS) is 26.1. The number of anilines is 2. The molecule has 8 nitrogen and oxygen atoms in total. The number of fused-ring (bicyclic) bond motifs is 2. The number of rotatable bonds is 4. The molecule has 2 unspecified atom stereocenters. The van der Waals surface area contributed by atoms with E-state index in [9.17, 15) is 17.9 Å². The molecular weight excluding hydrogens is 471 g/mol. The van der Waals surface area contributed by atoms with Gasteiger partial charge in [0.2, 0.25) is 10.0 Å². The molecular formula is C21H25N2O6PS2. The van der Waals surface area contributed by atoms with Crippen molar-refractivity contribution in [1.29, 1.82) is 0 Å². The Morgan fingerprint density at radius 2 is 2.00 bits per heavy atom. The first-order chi connectivity index (χ1) is 15.2. The van der Waals surface area contributed by atoms with Crippen LogP contribution in [0.25, 0.3) is 0 Å². The third kappa shape index (κ3) is 4.62. The van der Waals surface area contributed by atoms with Crippen molar-refractivity contribution in [2.75, 3.05) is 18.5 Å². The van der Waals surface area contributed by atoms with Crippen molar-refractivity contribution >= 4 is 41.0 Å². The van der Waals surface area contributed by atoms with Crippen LogP contribution in [0.3, 0.4) is 0 Å². The Balaban J connectivity index is 1.90. The molecule has 0 bridgehead atoms. The molecule has 2 aliphatic rings. The van der Waals surface area contributed by atoms with Gasteiger partial charge in [0.25, 0.3) is 0 Å². The fourth-order valence-corrected chi connectivity index (χ4v) is 6.82. The van der Waals surface area contributed by atoms with Gasteiger partial charge in [-0.1, -0.05) is 38.0 Å². The topological polar surface area (TPSA) is 96.4 Å². The molecule has 0 aromatic heterocycles. The Kier molecular flexibility index (Phi) is 6.72. The van der Waals surface area contributed by atoms with E-state index >= 15 is 0 Å². The summed E-state index contributed by atoms with van der Waals surface area (Å²) in [5.74, 6) is 1.16. The lowest BCUT2D eigenvalue weighted by atomic mass is 10.1. The summed E-state index contributed by atoms with van der Waals surface area (Å²) in [6.07, 6.45) is 3.65. The molecule has 0 amide bonds. The molecule has 172 valence electrons. The SMILES string of the molecule is CCCCC1CN(c2ccccc2)c2cc3c(cc2S(=O)(=O)N1C)O/C=C/P(=O)(O)OS3. The van der Waals surface area contributed by atoms with Crippen LogP contribution in [0.1, 0.15) is 26.2 Å². The molecule has 2 aromatic rings. The van der Waals surface area contributed by atoms with Gasteiger partial charge in [-0.3, -0.25) is 4.57 Å². The Bertz CT molecular complexity index is 1170. The second-order valence-corrected chi connectivity index (χ2v) is 12.3. The minimum Gasteiger partial charge on any atom is -0.463 e. The molecule has 2 atom stereocenters. The first-order valence-corrected chi connectivity index (χ1v) is 14.1. The second kappa shape index (κ2) is 9.21. The molecule has 0 saturated heterocycles. The quantitative estimate of drug-likeness (QED) is 0.462. The maximum absolute atomic E-state index is 13.6. The van der Waals surface area contributed by atoms with E-state index in [-0.39, 0.29) is 16.7 Å². The first-order valence-electron chi connectivity index (χ1n) is 10.2. The molecule has 2 heterocycles. The van der Waals surface area contributed by atoms with Gasteiger partial charge < -0.3 is 14.5 Å². The van der Waals surface area contributed by atoms with Crippen LogP contribution in [0.15, 0.2) is 64.3 Å². The van der Waals surface area contributed by atoms with Crippen LogP contribution in [0, 0.1) is 0 Å². The number of benzene rings is 2. The highest BCUT2D eigenvalue weighted by Gasteiger charge is 2.38. The van der Waals surface area contributed by atoms with Crippen molar-refractivity contribution in [3.8, 4) is 5.75 Å². The second-order valence-electron chi connectivity index (χ2n) is 7.66. The van der Waals surface area contributed by atoms with Crippen molar-refractivity contribution < 1.29 is 26.6 Å². The van der Waals surface area contributed by atoms with Crippen LogP contribution in [0.5, 0.6) is 5.75 Å². The fraction of sp³-hybridized carbons (Fsp3) is 0.333. The van der Waals surface area contributed by atoms with Gasteiger partial charge in [-0.15, -0.1) is 0 Å². The van der Waals surface area contributed by atoms with E-state index in [4.69, 9.17) is 8.71 Å². The highest BCUT2D eigenvalue weighted by atomic mass is 32.2. The van der Waals surface area contributed by atoms with Crippen molar-refractivity contribution in [2.45, 2.75) is 42.0 Å². The van der Waals surface area contributed by atoms with Gasteiger partial charge in [0.15, 0.2) is 0 Å². The molecule has 0 radical (unpaired) electrons. The first kappa shape index (κ1) is 23.4. The van der Waals surface area contributed by atoms with Gasteiger partial charge in [-0.25, -0.2) is 12.4 Å². The summed E-state index contributed by atoms with van der Waals surface area (Å²) >= 11 is 0.698. The molecule has 2 aliphatic heterocycles. The van der Waals surface area contributed by atoms with E-state index in [0.717, 1.165) is 37.0 Å². The van der Waals surface area contributed by atoms with E-state index in [0.29, 0.717) is 29.2 Å². The summed E-state index contributed by atoms with van der Waals surface area (Å²) in [5, 5.41) is 0. The molecule has 0 aliphatic carbocycles. The summed E-state index contributed by atoms with van der Waals surface area (Å²) in [6, 6.07) is 12.5. The largest absolute Gasteiger partial charge is 0.463 e. The molecule has 11 heteroatoms. The van der Waals surface area contributed by atoms with E-state index in [1.54, 1.807) is 13.1 Å². The van der Waals surface area contributed by atoms with Crippen LogP contribution in [-0.4, -0.2) is 37.3 Å². The van der Waals surface area contributed by atoms with Crippen molar-refractivity contribution in [1.82, 2.24) is 4.31 Å². The van der Waals surface area contributed by atoms with Gasteiger partial charge in [0, 0.05) is 43.4 Å². The van der Waals surface area contributed by atoms with Gasteiger partial charge >= 0.3 is 7.60 Å². The van der Waals surface area contributed by atoms with Gasteiger partial charge in [0.05, 0.1) is 22.7 Å². The molecule has 0 spiro atoms. The average molecular weight is 497 g/mol. The molecule has 0 saturated carbocycles. The minimum atomic E-state index is -3.96. The molecule has 4 rings (SSSR count). The zero-order chi connectivity index (χ0) is 22.9.